The van der Waals surface area contributed by atoms with Crippen LogP contribution in [0.15, 0.2) is 40.9 Å². The summed E-state index contributed by atoms with van der Waals surface area (Å²) in [4.78, 5) is 12.6. The van der Waals surface area contributed by atoms with Crippen LogP contribution in [0.2, 0.25) is 10.0 Å². The van der Waals surface area contributed by atoms with E-state index in [4.69, 9.17) is 23.2 Å². The highest BCUT2D eigenvalue weighted by atomic mass is 79.9. The van der Waals surface area contributed by atoms with Crippen LogP contribution in [0.4, 0.5) is 0 Å². The third-order valence-electron chi connectivity index (χ3n) is 3.01. The summed E-state index contributed by atoms with van der Waals surface area (Å²) in [6.45, 7) is 1.88. The zero-order valence-electron chi connectivity index (χ0n) is 11.0. The minimum atomic E-state index is -1.03. The number of halogens is 3. The lowest BCUT2D eigenvalue weighted by Crippen LogP contribution is -2.12. The molecule has 0 bridgehead atoms. The van der Waals surface area contributed by atoms with Crippen molar-refractivity contribution in [3.63, 3.8) is 0 Å². The Hall–Kier alpha value is -1.34. The van der Waals surface area contributed by atoms with Gasteiger partial charge in [-0.15, -0.1) is 0 Å². The molecule has 0 aliphatic rings. The normalized spacial score (nSPS) is 11.8. The topological polar surface area (TPSA) is 40.9 Å². The molecule has 21 heavy (non-hydrogen) atoms. The second-order valence-electron chi connectivity index (χ2n) is 4.58. The number of nitrogens with zero attached hydrogens (tertiary/aromatic N) is 1. The van der Waals surface area contributed by atoms with Gasteiger partial charge < -0.3 is 0 Å². The van der Waals surface area contributed by atoms with Gasteiger partial charge in [-0.1, -0.05) is 45.2 Å². The molecule has 0 spiro atoms. The van der Waals surface area contributed by atoms with Crippen LogP contribution in [0.3, 0.4) is 0 Å². The first-order valence-electron chi connectivity index (χ1n) is 6.09. The third kappa shape index (κ3) is 3.47. The van der Waals surface area contributed by atoms with Gasteiger partial charge in [0.2, 0.25) is 0 Å². The molecule has 0 fully saturated rings. The van der Waals surface area contributed by atoms with E-state index in [1.165, 1.54) is 0 Å². The fourth-order valence-electron chi connectivity index (χ4n) is 2.09. The van der Waals surface area contributed by atoms with Gasteiger partial charge in [0.1, 0.15) is 5.92 Å². The number of hydrogen-bond donors (Lipinski definition) is 0. The number of carbonyl (C=O) groups is 1. The van der Waals surface area contributed by atoms with E-state index in [1.807, 2.05) is 19.1 Å². The van der Waals surface area contributed by atoms with Gasteiger partial charge in [0.25, 0.3) is 0 Å². The summed E-state index contributed by atoms with van der Waals surface area (Å²) in [5.74, 6) is -1.35. The van der Waals surface area contributed by atoms with Crippen LogP contribution in [0.1, 0.15) is 27.4 Å². The number of ketones is 1. The lowest BCUT2D eigenvalue weighted by atomic mass is 9.91. The summed E-state index contributed by atoms with van der Waals surface area (Å²) in [6, 6.07) is 12.2. The van der Waals surface area contributed by atoms with Crippen molar-refractivity contribution < 1.29 is 4.79 Å². The minimum Gasteiger partial charge on any atom is -0.292 e. The molecule has 0 amide bonds. The third-order valence-corrected chi connectivity index (χ3v) is 4.12. The Morgan fingerprint density at radius 1 is 1.24 bits per heavy atom. The van der Waals surface area contributed by atoms with Gasteiger partial charge in [-0.25, -0.2) is 0 Å². The van der Waals surface area contributed by atoms with Crippen molar-refractivity contribution in [2.45, 2.75) is 12.8 Å². The van der Waals surface area contributed by atoms with Gasteiger partial charge in [-0.05, 0) is 42.8 Å². The van der Waals surface area contributed by atoms with E-state index in [0.717, 1.165) is 10.0 Å². The summed E-state index contributed by atoms with van der Waals surface area (Å²) in [7, 11) is 0. The molecule has 1 unspecified atom stereocenters. The maximum Gasteiger partial charge on any atom is 0.184 e. The molecule has 2 rings (SSSR count). The predicted octanol–water partition coefficient (Wildman–Crippen LogP) is 5.55. The standard InChI is InChI=1S/C16H10BrCl2NO/c1-9-5-10(7-11(17)6-9)16(21)12(8-20)15-13(18)3-2-4-14(15)19/h2-7,12H,1H3. The molecule has 0 aliphatic heterocycles. The van der Waals surface area contributed by atoms with Crippen molar-refractivity contribution in [3.05, 3.63) is 67.6 Å². The molecule has 0 N–H and O–H groups in total. The second-order valence-corrected chi connectivity index (χ2v) is 6.31. The first kappa shape index (κ1) is 16.0. The van der Waals surface area contributed by atoms with Crippen molar-refractivity contribution in [2.75, 3.05) is 0 Å². The number of nitriles is 1. The molecule has 2 nitrogen and oxygen atoms in total. The van der Waals surface area contributed by atoms with Crippen LogP contribution in [-0.2, 0) is 0 Å². The Morgan fingerprint density at radius 2 is 1.86 bits per heavy atom. The van der Waals surface area contributed by atoms with E-state index in [2.05, 4.69) is 15.9 Å². The van der Waals surface area contributed by atoms with Crippen molar-refractivity contribution >= 4 is 44.9 Å². The van der Waals surface area contributed by atoms with Crippen LogP contribution in [0.25, 0.3) is 0 Å². The fraction of sp³-hybridized carbons (Fsp3) is 0.125. The van der Waals surface area contributed by atoms with Crippen LogP contribution in [0.5, 0.6) is 0 Å². The van der Waals surface area contributed by atoms with E-state index >= 15 is 0 Å². The summed E-state index contributed by atoms with van der Waals surface area (Å²) in [5, 5.41) is 10.0. The van der Waals surface area contributed by atoms with Crippen molar-refractivity contribution in [2.24, 2.45) is 0 Å². The number of Topliss-reactive ketones (excluding diaryl/α,β-unsaturated/α-hetero) is 1. The Kier molecular flexibility index (Phi) is 5.05. The molecule has 0 heterocycles. The molecule has 0 saturated carbocycles. The van der Waals surface area contributed by atoms with Crippen molar-refractivity contribution in [3.8, 4) is 6.07 Å². The van der Waals surface area contributed by atoms with Gasteiger partial charge >= 0.3 is 0 Å². The number of aryl methyl sites for hydroxylation is 1. The van der Waals surface area contributed by atoms with E-state index in [-0.39, 0.29) is 5.78 Å². The molecule has 0 radical (unpaired) electrons. The smallest absolute Gasteiger partial charge is 0.184 e. The monoisotopic (exact) mass is 381 g/mol. The highest BCUT2D eigenvalue weighted by Gasteiger charge is 2.26. The number of rotatable bonds is 3. The first-order valence-corrected chi connectivity index (χ1v) is 7.64. The Bertz CT molecular complexity index is 712. The molecule has 1 atom stereocenters. The highest BCUT2D eigenvalue weighted by Crippen LogP contribution is 2.33. The summed E-state index contributed by atoms with van der Waals surface area (Å²) in [5.41, 5.74) is 1.73. The minimum absolute atomic E-state index is 0.314. The van der Waals surface area contributed by atoms with Crippen LogP contribution in [-0.4, -0.2) is 5.78 Å². The quantitative estimate of drug-likeness (QED) is 0.652. The largest absolute Gasteiger partial charge is 0.292 e. The van der Waals surface area contributed by atoms with Crippen LogP contribution in [0, 0.1) is 18.3 Å². The van der Waals surface area contributed by atoms with Gasteiger partial charge in [-0.2, -0.15) is 5.26 Å². The summed E-state index contributed by atoms with van der Waals surface area (Å²) in [6.07, 6.45) is 0. The summed E-state index contributed by atoms with van der Waals surface area (Å²) >= 11 is 15.6. The zero-order chi connectivity index (χ0) is 15.6. The number of hydrogen-bond acceptors (Lipinski definition) is 2. The molecule has 0 aliphatic carbocycles. The number of benzene rings is 2. The molecular formula is C16H10BrCl2NO. The zero-order valence-corrected chi connectivity index (χ0v) is 14.1. The fourth-order valence-corrected chi connectivity index (χ4v) is 3.31. The molecular weight excluding hydrogens is 373 g/mol. The first-order chi connectivity index (χ1) is 9.93. The van der Waals surface area contributed by atoms with Gasteiger partial charge in [0.05, 0.1) is 6.07 Å². The maximum absolute atomic E-state index is 12.6. The SMILES string of the molecule is Cc1cc(Br)cc(C(=O)C(C#N)c2c(Cl)cccc2Cl)c1. The van der Waals surface area contributed by atoms with Crippen LogP contribution >= 0.6 is 39.1 Å². The van der Waals surface area contributed by atoms with Crippen molar-refractivity contribution in [1.82, 2.24) is 0 Å². The molecule has 106 valence electrons. The average molecular weight is 383 g/mol. The van der Waals surface area contributed by atoms with Crippen molar-refractivity contribution in [1.29, 1.82) is 5.26 Å². The summed E-state index contributed by atoms with van der Waals surface area (Å²) < 4.78 is 0.785. The van der Waals surface area contributed by atoms with Gasteiger partial charge in [0.15, 0.2) is 5.78 Å². The molecule has 0 aromatic heterocycles. The van der Waals surface area contributed by atoms with E-state index in [9.17, 15) is 10.1 Å². The lowest BCUT2D eigenvalue weighted by molar-refractivity contribution is 0.0978. The lowest BCUT2D eigenvalue weighted by Gasteiger charge is -2.13. The van der Waals surface area contributed by atoms with E-state index in [0.29, 0.717) is 21.2 Å². The number of carbonyl (C=O) groups excluding carboxylic acids is 1. The average Bonchev–Trinajstić information content (AvgIpc) is 2.41. The maximum atomic E-state index is 12.6. The Labute approximate surface area is 141 Å². The van der Waals surface area contributed by atoms with Crippen LogP contribution < -0.4 is 0 Å². The predicted molar refractivity (Wildman–Crippen MR) is 88.0 cm³/mol. The Balaban J connectivity index is 2.52. The Morgan fingerprint density at radius 3 is 2.38 bits per heavy atom. The molecule has 5 heteroatoms. The van der Waals surface area contributed by atoms with E-state index < -0.39 is 5.92 Å². The molecule has 2 aromatic carbocycles. The van der Waals surface area contributed by atoms with Gasteiger partial charge in [-0.3, -0.25) is 4.79 Å². The molecule has 2 aromatic rings. The molecule has 0 saturated heterocycles. The van der Waals surface area contributed by atoms with Gasteiger partial charge in [0, 0.05) is 25.6 Å². The second kappa shape index (κ2) is 6.62. The highest BCUT2D eigenvalue weighted by molar-refractivity contribution is 9.10. The van der Waals surface area contributed by atoms with E-state index in [1.54, 1.807) is 30.3 Å².